The van der Waals surface area contributed by atoms with Crippen LogP contribution in [0, 0.1) is 5.92 Å². The summed E-state index contributed by atoms with van der Waals surface area (Å²) in [7, 11) is 0. The maximum atomic E-state index is 11.3. The van der Waals surface area contributed by atoms with E-state index in [4.69, 9.17) is 0 Å². The van der Waals surface area contributed by atoms with Crippen molar-refractivity contribution in [2.24, 2.45) is 5.92 Å². The van der Waals surface area contributed by atoms with Crippen molar-refractivity contribution in [2.45, 2.75) is 64.5 Å². The summed E-state index contributed by atoms with van der Waals surface area (Å²) in [6, 6.07) is 0.407. The third-order valence-corrected chi connectivity index (χ3v) is 3.17. The molecular formula is C12H23NO2. The highest BCUT2D eigenvalue weighted by molar-refractivity contribution is 5.78. The van der Waals surface area contributed by atoms with Crippen LogP contribution in [0.5, 0.6) is 0 Å². The second-order valence-corrected chi connectivity index (χ2v) is 5.36. The fourth-order valence-corrected chi connectivity index (χ4v) is 2.55. The molecule has 0 radical (unpaired) electrons. The molecular weight excluding hydrogens is 190 g/mol. The number of hydrogen-bond acceptors (Lipinski definition) is 2. The van der Waals surface area contributed by atoms with Gasteiger partial charge in [0.1, 0.15) is 5.54 Å². The number of hydrogen-bond donors (Lipinski definition) is 2. The molecule has 0 bridgehead atoms. The smallest absolute Gasteiger partial charge is 0.323 e. The highest BCUT2D eigenvalue weighted by atomic mass is 16.4. The van der Waals surface area contributed by atoms with Crippen molar-refractivity contribution in [3.05, 3.63) is 0 Å². The Morgan fingerprint density at radius 3 is 2.40 bits per heavy atom. The van der Waals surface area contributed by atoms with Crippen LogP contribution in [-0.4, -0.2) is 22.7 Å². The summed E-state index contributed by atoms with van der Waals surface area (Å²) in [5, 5.41) is 12.6. The largest absolute Gasteiger partial charge is 0.480 e. The zero-order valence-electron chi connectivity index (χ0n) is 10.0. The van der Waals surface area contributed by atoms with Crippen LogP contribution in [0.3, 0.4) is 0 Å². The molecule has 1 saturated carbocycles. The number of carboxylic acid groups (broad SMARTS) is 1. The Balaban J connectivity index is 2.59. The Morgan fingerprint density at radius 2 is 2.00 bits per heavy atom. The van der Waals surface area contributed by atoms with E-state index in [1.165, 1.54) is 12.8 Å². The van der Waals surface area contributed by atoms with E-state index >= 15 is 0 Å². The summed E-state index contributed by atoms with van der Waals surface area (Å²) in [5.41, 5.74) is -0.747. The van der Waals surface area contributed by atoms with E-state index < -0.39 is 11.5 Å². The topological polar surface area (TPSA) is 49.3 Å². The fraction of sp³-hybridized carbons (Fsp3) is 0.917. The normalized spacial score (nSPS) is 21.9. The summed E-state index contributed by atoms with van der Waals surface area (Å²) >= 11 is 0. The Morgan fingerprint density at radius 1 is 1.47 bits per heavy atom. The first-order chi connectivity index (χ1) is 6.94. The SMILES string of the molecule is CC(C)CC(C)(NC1CCCC1)C(=O)O. The van der Waals surface area contributed by atoms with Crippen LogP contribution in [-0.2, 0) is 4.79 Å². The van der Waals surface area contributed by atoms with Crippen molar-refractivity contribution in [3.63, 3.8) is 0 Å². The van der Waals surface area contributed by atoms with Gasteiger partial charge >= 0.3 is 5.97 Å². The van der Waals surface area contributed by atoms with E-state index in [1.807, 2.05) is 6.92 Å². The molecule has 1 aliphatic rings. The van der Waals surface area contributed by atoms with Crippen LogP contribution in [0.1, 0.15) is 52.9 Å². The molecule has 1 rings (SSSR count). The fourth-order valence-electron chi connectivity index (χ4n) is 2.55. The molecule has 0 aromatic heterocycles. The predicted molar refractivity (Wildman–Crippen MR) is 60.9 cm³/mol. The van der Waals surface area contributed by atoms with Crippen molar-refractivity contribution < 1.29 is 9.90 Å². The maximum absolute atomic E-state index is 11.3. The van der Waals surface area contributed by atoms with Gasteiger partial charge in [-0.3, -0.25) is 10.1 Å². The lowest BCUT2D eigenvalue weighted by Gasteiger charge is -2.31. The highest BCUT2D eigenvalue weighted by Gasteiger charge is 2.36. The molecule has 3 nitrogen and oxygen atoms in total. The van der Waals surface area contributed by atoms with Crippen molar-refractivity contribution in [1.82, 2.24) is 5.32 Å². The average molecular weight is 213 g/mol. The number of aliphatic carboxylic acids is 1. The standard InChI is InChI=1S/C12H23NO2/c1-9(2)8-12(3,11(14)15)13-10-6-4-5-7-10/h9-10,13H,4-8H2,1-3H3,(H,14,15). The van der Waals surface area contributed by atoms with Crippen molar-refractivity contribution in [2.75, 3.05) is 0 Å². The molecule has 1 unspecified atom stereocenters. The first-order valence-electron chi connectivity index (χ1n) is 5.95. The quantitative estimate of drug-likeness (QED) is 0.737. The van der Waals surface area contributed by atoms with E-state index in [0.717, 1.165) is 12.8 Å². The molecule has 0 spiro atoms. The van der Waals surface area contributed by atoms with Gasteiger partial charge in [-0.2, -0.15) is 0 Å². The van der Waals surface area contributed by atoms with E-state index in [-0.39, 0.29) is 0 Å². The Hall–Kier alpha value is -0.570. The molecule has 15 heavy (non-hydrogen) atoms. The average Bonchev–Trinajstić information content (AvgIpc) is 2.54. The van der Waals surface area contributed by atoms with Crippen LogP contribution in [0.4, 0.5) is 0 Å². The van der Waals surface area contributed by atoms with Gasteiger partial charge < -0.3 is 5.11 Å². The Kier molecular flexibility index (Phi) is 4.14. The molecule has 1 fully saturated rings. The number of carboxylic acids is 1. The second kappa shape index (κ2) is 4.97. The lowest BCUT2D eigenvalue weighted by atomic mass is 9.89. The van der Waals surface area contributed by atoms with Gasteiger partial charge in [0.15, 0.2) is 0 Å². The molecule has 88 valence electrons. The van der Waals surface area contributed by atoms with Gasteiger partial charge in [-0.25, -0.2) is 0 Å². The van der Waals surface area contributed by atoms with E-state index in [1.54, 1.807) is 0 Å². The summed E-state index contributed by atoms with van der Waals surface area (Å²) in [6.07, 6.45) is 5.41. The number of nitrogens with one attached hydrogen (secondary N) is 1. The summed E-state index contributed by atoms with van der Waals surface area (Å²) in [6.45, 7) is 5.95. The molecule has 3 heteroatoms. The molecule has 0 heterocycles. The van der Waals surface area contributed by atoms with E-state index in [2.05, 4.69) is 19.2 Å². The predicted octanol–water partition coefficient (Wildman–Crippen LogP) is 2.41. The molecule has 2 N–H and O–H groups in total. The number of carbonyl (C=O) groups is 1. The van der Waals surface area contributed by atoms with Gasteiger partial charge in [-0.05, 0) is 32.1 Å². The Bertz CT molecular complexity index is 222. The minimum Gasteiger partial charge on any atom is -0.480 e. The van der Waals surface area contributed by atoms with Gasteiger partial charge in [0.2, 0.25) is 0 Å². The van der Waals surface area contributed by atoms with Crippen LogP contribution < -0.4 is 5.32 Å². The van der Waals surface area contributed by atoms with Gasteiger partial charge in [0, 0.05) is 6.04 Å². The van der Waals surface area contributed by atoms with Crippen LogP contribution >= 0.6 is 0 Å². The van der Waals surface area contributed by atoms with Crippen molar-refractivity contribution >= 4 is 5.97 Å². The minimum atomic E-state index is -0.747. The Labute approximate surface area is 92.3 Å². The molecule has 0 saturated heterocycles. The lowest BCUT2D eigenvalue weighted by Crippen LogP contribution is -2.53. The highest BCUT2D eigenvalue weighted by Crippen LogP contribution is 2.24. The molecule has 0 aromatic carbocycles. The molecule has 1 aliphatic carbocycles. The second-order valence-electron chi connectivity index (χ2n) is 5.36. The number of rotatable bonds is 5. The molecule has 0 amide bonds. The van der Waals surface area contributed by atoms with E-state index in [0.29, 0.717) is 18.4 Å². The van der Waals surface area contributed by atoms with Crippen LogP contribution in [0.2, 0.25) is 0 Å². The first kappa shape index (κ1) is 12.5. The third-order valence-electron chi connectivity index (χ3n) is 3.17. The lowest BCUT2D eigenvalue weighted by molar-refractivity contribution is -0.145. The summed E-state index contributed by atoms with van der Waals surface area (Å²) in [5.74, 6) is -0.317. The molecule has 0 aromatic rings. The minimum absolute atomic E-state index is 0.403. The van der Waals surface area contributed by atoms with Crippen LogP contribution in [0.25, 0.3) is 0 Å². The monoisotopic (exact) mass is 213 g/mol. The van der Waals surface area contributed by atoms with Gasteiger partial charge in [-0.15, -0.1) is 0 Å². The van der Waals surface area contributed by atoms with Gasteiger partial charge in [-0.1, -0.05) is 26.7 Å². The first-order valence-corrected chi connectivity index (χ1v) is 5.95. The van der Waals surface area contributed by atoms with Gasteiger partial charge in [0.05, 0.1) is 0 Å². The van der Waals surface area contributed by atoms with Crippen molar-refractivity contribution in [1.29, 1.82) is 0 Å². The maximum Gasteiger partial charge on any atom is 0.323 e. The van der Waals surface area contributed by atoms with Crippen LogP contribution in [0.15, 0.2) is 0 Å². The van der Waals surface area contributed by atoms with E-state index in [9.17, 15) is 9.90 Å². The molecule has 0 aliphatic heterocycles. The summed E-state index contributed by atoms with van der Waals surface area (Å²) in [4.78, 5) is 11.3. The third kappa shape index (κ3) is 3.49. The molecule has 1 atom stereocenters. The zero-order valence-corrected chi connectivity index (χ0v) is 10.0. The van der Waals surface area contributed by atoms with Crippen molar-refractivity contribution in [3.8, 4) is 0 Å². The van der Waals surface area contributed by atoms with Gasteiger partial charge in [0.25, 0.3) is 0 Å². The zero-order chi connectivity index (χ0) is 11.5. The summed E-state index contributed by atoms with van der Waals surface area (Å²) < 4.78 is 0.